The molecule has 2 aromatic carbocycles. The summed E-state index contributed by atoms with van der Waals surface area (Å²) in [6.07, 6.45) is 0.985. The molecule has 1 aromatic heterocycles. The number of nitrogens with one attached hydrogen (secondary N) is 2. The summed E-state index contributed by atoms with van der Waals surface area (Å²) >= 11 is 1.67. The number of aryl methyl sites for hydroxylation is 2. The molecule has 154 valence electrons. The van der Waals surface area contributed by atoms with Crippen LogP contribution < -0.4 is 15.5 Å². The molecule has 0 aliphatic carbocycles. The molecule has 6 heteroatoms. The van der Waals surface area contributed by atoms with Crippen LogP contribution in [0, 0.1) is 13.8 Å². The van der Waals surface area contributed by atoms with Crippen LogP contribution in [0.25, 0.3) is 0 Å². The Labute approximate surface area is 180 Å². The van der Waals surface area contributed by atoms with Crippen molar-refractivity contribution < 1.29 is 9.59 Å². The second kappa shape index (κ2) is 8.71. The molecular formula is C24H25N3O2S. The Hall–Kier alpha value is -3.12. The molecule has 5 nitrogen and oxygen atoms in total. The molecule has 0 saturated heterocycles. The van der Waals surface area contributed by atoms with Crippen LogP contribution in [0.4, 0.5) is 11.4 Å². The molecule has 2 heterocycles. The monoisotopic (exact) mass is 419 g/mol. The molecule has 0 radical (unpaired) electrons. The van der Waals surface area contributed by atoms with Crippen LogP contribution in [-0.2, 0) is 16.0 Å². The number of fused-ring (bicyclic) bond motifs is 1. The molecule has 2 N–H and O–H groups in total. The third-order valence-electron chi connectivity index (χ3n) is 5.55. The van der Waals surface area contributed by atoms with E-state index in [1.165, 1.54) is 16.1 Å². The molecule has 1 aliphatic heterocycles. The lowest BCUT2D eigenvalue weighted by molar-refractivity contribution is -0.136. The highest BCUT2D eigenvalue weighted by atomic mass is 32.1. The number of hydrogen-bond acceptors (Lipinski definition) is 4. The van der Waals surface area contributed by atoms with E-state index in [2.05, 4.69) is 39.8 Å². The SMILES string of the molecule is Cc1cccc(C)c1NC(=O)C(=O)NC[C@@H](c1cccs1)N1CCc2ccccc21. The number of amides is 2. The van der Waals surface area contributed by atoms with Crippen molar-refractivity contribution in [3.8, 4) is 0 Å². The molecule has 0 bridgehead atoms. The van der Waals surface area contributed by atoms with E-state index in [-0.39, 0.29) is 6.04 Å². The van der Waals surface area contributed by atoms with Crippen molar-refractivity contribution in [1.82, 2.24) is 5.32 Å². The topological polar surface area (TPSA) is 61.4 Å². The number of benzene rings is 2. The van der Waals surface area contributed by atoms with Crippen LogP contribution in [0.15, 0.2) is 60.0 Å². The van der Waals surface area contributed by atoms with Gasteiger partial charge in [0.25, 0.3) is 0 Å². The van der Waals surface area contributed by atoms with Crippen molar-refractivity contribution in [2.75, 3.05) is 23.3 Å². The lowest BCUT2D eigenvalue weighted by Gasteiger charge is -2.30. The molecule has 0 spiro atoms. The number of hydrogen-bond donors (Lipinski definition) is 2. The van der Waals surface area contributed by atoms with Gasteiger partial charge in [0.05, 0.1) is 6.04 Å². The van der Waals surface area contributed by atoms with Crippen molar-refractivity contribution in [1.29, 1.82) is 0 Å². The van der Waals surface area contributed by atoms with Crippen molar-refractivity contribution >= 4 is 34.5 Å². The number of carbonyl (C=O) groups excluding carboxylic acids is 2. The maximum absolute atomic E-state index is 12.6. The van der Waals surface area contributed by atoms with Crippen LogP contribution >= 0.6 is 11.3 Å². The minimum Gasteiger partial charge on any atom is -0.361 e. The Morgan fingerprint density at radius 1 is 1.00 bits per heavy atom. The molecule has 1 aliphatic rings. The van der Waals surface area contributed by atoms with Crippen LogP contribution in [0.5, 0.6) is 0 Å². The molecule has 2 amide bonds. The molecule has 0 fully saturated rings. The zero-order valence-corrected chi connectivity index (χ0v) is 18.0. The lowest BCUT2D eigenvalue weighted by atomic mass is 10.1. The Morgan fingerprint density at radius 2 is 1.77 bits per heavy atom. The van der Waals surface area contributed by atoms with Gasteiger partial charge in [-0.2, -0.15) is 0 Å². The van der Waals surface area contributed by atoms with Crippen LogP contribution in [0.3, 0.4) is 0 Å². The van der Waals surface area contributed by atoms with Crippen LogP contribution in [0.1, 0.15) is 27.6 Å². The van der Waals surface area contributed by atoms with E-state index in [0.29, 0.717) is 12.2 Å². The maximum Gasteiger partial charge on any atom is 0.313 e. The molecule has 1 atom stereocenters. The standard InChI is InChI=1S/C24H25N3O2S/c1-16-7-5-8-17(2)22(16)26-24(29)23(28)25-15-20(21-11-6-14-30-21)27-13-12-18-9-3-4-10-19(18)27/h3-11,14,20H,12-13,15H2,1-2H3,(H,25,28)(H,26,29)/t20-/m0/s1. The lowest BCUT2D eigenvalue weighted by Crippen LogP contribution is -2.41. The van der Waals surface area contributed by atoms with Gasteiger partial charge in [-0.15, -0.1) is 11.3 Å². The fourth-order valence-corrected chi connectivity index (χ4v) is 4.82. The quantitative estimate of drug-likeness (QED) is 0.609. The first-order chi connectivity index (χ1) is 14.5. The first-order valence-electron chi connectivity index (χ1n) is 10.1. The fraction of sp³-hybridized carbons (Fsp3) is 0.250. The Morgan fingerprint density at radius 3 is 2.50 bits per heavy atom. The Bertz CT molecular complexity index is 1040. The highest BCUT2D eigenvalue weighted by Gasteiger charge is 2.28. The summed E-state index contributed by atoms with van der Waals surface area (Å²) < 4.78 is 0. The molecular weight excluding hydrogens is 394 g/mol. The summed E-state index contributed by atoms with van der Waals surface area (Å²) in [6.45, 7) is 5.09. The second-order valence-electron chi connectivity index (χ2n) is 7.53. The fourth-order valence-electron chi connectivity index (χ4n) is 3.98. The summed E-state index contributed by atoms with van der Waals surface area (Å²) in [6, 6.07) is 18.2. The van der Waals surface area contributed by atoms with Gasteiger partial charge in [-0.25, -0.2) is 0 Å². The predicted octanol–water partition coefficient (Wildman–Crippen LogP) is 4.22. The van der Waals surface area contributed by atoms with Gasteiger partial charge in [-0.05, 0) is 54.5 Å². The van der Waals surface area contributed by atoms with Gasteiger partial charge in [0, 0.05) is 29.3 Å². The Balaban J connectivity index is 1.47. The van der Waals surface area contributed by atoms with E-state index < -0.39 is 11.8 Å². The third kappa shape index (κ3) is 4.09. The molecule has 4 rings (SSSR count). The van der Waals surface area contributed by atoms with Gasteiger partial charge >= 0.3 is 11.8 Å². The van der Waals surface area contributed by atoms with E-state index in [1.807, 2.05) is 49.6 Å². The third-order valence-corrected chi connectivity index (χ3v) is 6.53. The first-order valence-corrected chi connectivity index (χ1v) is 11.0. The first kappa shape index (κ1) is 20.2. The van der Waals surface area contributed by atoms with Crippen molar-refractivity contribution in [2.24, 2.45) is 0 Å². The summed E-state index contributed by atoms with van der Waals surface area (Å²) in [7, 11) is 0. The molecule has 0 saturated carbocycles. The van der Waals surface area contributed by atoms with Gasteiger partial charge in [0.2, 0.25) is 0 Å². The molecule has 0 unspecified atom stereocenters. The van der Waals surface area contributed by atoms with Gasteiger partial charge < -0.3 is 15.5 Å². The maximum atomic E-state index is 12.6. The number of anilines is 2. The highest BCUT2D eigenvalue weighted by molar-refractivity contribution is 7.10. The average molecular weight is 420 g/mol. The number of rotatable bonds is 5. The average Bonchev–Trinajstić information content (AvgIpc) is 3.42. The molecule has 3 aromatic rings. The van der Waals surface area contributed by atoms with Crippen LogP contribution in [-0.4, -0.2) is 24.9 Å². The largest absolute Gasteiger partial charge is 0.361 e. The zero-order chi connectivity index (χ0) is 21.1. The normalized spacial score (nSPS) is 13.6. The smallest absolute Gasteiger partial charge is 0.313 e. The summed E-state index contributed by atoms with van der Waals surface area (Å²) in [5.41, 5.74) is 5.08. The number of thiophene rings is 1. The minimum absolute atomic E-state index is 0.00871. The van der Waals surface area contributed by atoms with Gasteiger partial charge in [0.1, 0.15) is 0 Å². The van der Waals surface area contributed by atoms with E-state index in [0.717, 1.165) is 24.1 Å². The number of nitrogens with zero attached hydrogens (tertiary/aromatic N) is 1. The number of para-hydroxylation sites is 2. The van der Waals surface area contributed by atoms with E-state index in [9.17, 15) is 9.59 Å². The van der Waals surface area contributed by atoms with Crippen LogP contribution in [0.2, 0.25) is 0 Å². The zero-order valence-electron chi connectivity index (χ0n) is 17.1. The van der Waals surface area contributed by atoms with Gasteiger partial charge in [-0.1, -0.05) is 42.5 Å². The summed E-state index contributed by atoms with van der Waals surface area (Å²) in [5, 5.41) is 7.65. The van der Waals surface area contributed by atoms with Crippen molar-refractivity contribution in [2.45, 2.75) is 26.3 Å². The molecule has 30 heavy (non-hydrogen) atoms. The van der Waals surface area contributed by atoms with Gasteiger partial charge in [0.15, 0.2) is 0 Å². The van der Waals surface area contributed by atoms with E-state index >= 15 is 0 Å². The number of carbonyl (C=O) groups is 2. The van der Waals surface area contributed by atoms with E-state index in [4.69, 9.17) is 0 Å². The minimum atomic E-state index is -0.640. The predicted molar refractivity (Wildman–Crippen MR) is 122 cm³/mol. The van der Waals surface area contributed by atoms with Crippen molar-refractivity contribution in [3.63, 3.8) is 0 Å². The van der Waals surface area contributed by atoms with Crippen molar-refractivity contribution in [3.05, 3.63) is 81.5 Å². The summed E-state index contributed by atoms with van der Waals surface area (Å²) in [4.78, 5) is 28.6. The highest BCUT2D eigenvalue weighted by Crippen LogP contribution is 2.36. The Kier molecular flexibility index (Phi) is 5.86. The van der Waals surface area contributed by atoms with E-state index in [1.54, 1.807) is 11.3 Å². The summed E-state index contributed by atoms with van der Waals surface area (Å²) in [5.74, 6) is -1.26. The van der Waals surface area contributed by atoms with Gasteiger partial charge in [-0.3, -0.25) is 9.59 Å². The second-order valence-corrected chi connectivity index (χ2v) is 8.51.